The van der Waals surface area contributed by atoms with Crippen molar-refractivity contribution in [1.82, 2.24) is 14.9 Å². The van der Waals surface area contributed by atoms with Gasteiger partial charge in [0.1, 0.15) is 16.5 Å². The molecule has 0 amide bonds. The highest BCUT2D eigenvalue weighted by atomic mass is 32.1. The Bertz CT molecular complexity index is 984. The van der Waals surface area contributed by atoms with E-state index in [-0.39, 0.29) is 0 Å². The van der Waals surface area contributed by atoms with E-state index in [4.69, 9.17) is 14.7 Å². The van der Waals surface area contributed by atoms with Gasteiger partial charge >= 0.3 is 0 Å². The lowest BCUT2D eigenvalue weighted by atomic mass is 9.86. The first-order valence-electron chi connectivity index (χ1n) is 11.2. The molecule has 1 aliphatic heterocycles. The summed E-state index contributed by atoms with van der Waals surface area (Å²) in [7, 11) is 0. The molecule has 0 radical (unpaired) electrons. The highest BCUT2D eigenvalue weighted by Gasteiger charge is 2.24. The van der Waals surface area contributed by atoms with Crippen LogP contribution >= 0.6 is 11.3 Å². The number of fused-ring (bicyclic) bond motifs is 1. The van der Waals surface area contributed by atoms with Crippen molar-refractivity contribution in [2.24, 2.45) is 5.92 Å². The number of ether oxygens (including phenoxy) is 1. The van der Waals surface area contributed by atoms with Gasteiger partial charge in [0.25, 0.3) is 0 Å². The van der Waals surface area contributed by atoms with Gasteiger partial charge in [-0.05, 0) is 24.3 Å². The van der Waals surface area contributed by atoms with E-state index in [1.54, 1.807) is 11.3 Å². The summed E-state index contributed by atoms with van der Waals surface area (Å²) >= 11 is 1.73. The van der Waals surface area contributed by atoms with Gasteiger partial charge in [0.05, 0.1) is 25.1 Å². The summed E-state index contributed by atoms with van der Waals surface area (Å²) in [5.74, 6) is 2.60. The van der Waals surface area contributed by atoms with E-state index in [1.165, 1.54) is 42.2 Å². The summed E-state index contributed by atoms with van der Waals surface area (Å²) in [5.41, 5.74) is 2.47. The van der Waals surface area contributed by atoms with E-state index < -0.39 is 0 Å². The number of rotatable bonds is 5. The van der Waals surface area contributed by atoms with Gasteiger partial charge in [-0.1, -0.05) is 50.1 Å². The fourth-order valence-corrected chi connectivity index (χ4v) is 5.62. The molecule has 0 spiro atoms. The number of thiophene rings is 1. The van der Waals surface area contributed by atoms with Crippen molar-refractivity contribution in [1.29, 1.82) is 0 Å². The summed E-state index contributed by atoms with van der Waals surface area (Å²) in [5, 5.41) is 7.27. The van der Waals surface area contributed by atoms with Crippen molar-refractivity contribution in [2.75, 3.05) is 31.6 Å². The largest absolute Gasteiger partial charge is 0.379 e. The van der Waals surface area contributed by atoms with E-state index >= 15 is 0 Å². The van der Waals surface area contributed by atoms with Crippen LogP contribution < -0.4 is 5.32 Å². The molecule has 5 nitrogen and oxygen atoms in total. The maximum atomic E-state index is 5.50. The molecule has 1 saturated heterocycles. The molecular formula is C24H30N4OS. The van der Waals surface area contributed by atoms with Gasteiger partial charge in [-0.25, -0.2) is 9.97 Å². The van der Waals surface area contributed by atoms with Crippen molar-refractivity contribution >= 4 is 27.4 Å². The standard InChI is InChI=1S/C24H30N4OS/c1-17-7-5-6-10-20(17)25-23-22-19(18-8-3-2-4-9-18)16-30-24(22)27-21(26-23)15-28-11-13-29-14-12-28/h2-4,8-9,16-17,20H,5-7,10-15H2,1H3,(H,25,26,27)/t17-,20+/m0/s1. The number of morpholine rings is 1. The van der Waals surface area contributed by atoms with Gasteiger partial charge in [-0.3, -0.25) is 4.90 Å². The van der Waals surface area contributed by atoms with Gasteiger partial charge in [-0.2, -0.15) is 0 Å². The van der Waals surface area contributed by atoms with Gasteiger partial charge in [-0.15, -0.1) is 11.3 Å². The van der Waals surface area contributed by atoms with Crippen molar-refractivity contribution in [3.63, 3.8) is 0 Å². The normalized spacial score (nSPS) is 23.0. The number of benzene rings is 1. The second kappa shape index (κ2) is 9.00. The fourth-order valence-electron chi connectivity index (χ4n) is 4.66. The number of anilines is 1. The maximum Gasteiger partial charge on any atom is 0.146 e. The summed E-state index contributed by atoms with van der Waals surface area (Å²) in [4.78, 5) is 13.5. The lowest BCUT2D eigenvalue weighted by Crippen LogP contribution is -2.36. The highest BCUT2D eigenvalue weighted by Crippen LogP contribution is 2.38. The molecule has 2 fully saturated rings. The van der Waals surface area contributed by atoms with Crippen LogP contribution in [0, 0.1) is 5.92 Å². The monoisotopic (exact) mass is 422 g/mol. The van der Waals surface area contributed by atoms with Crippen molar-refractivity contribution in [2.45, 2.75) is 45.2 Å². The highest BCUT2D eigenvalue weighted by molar-refractivity contribution is 7.17. The molecule has 30 heavy (non-hydrogen) atoms. The van der Waals surface area contributed by atoms with E-state index in [9.17, 15) is 0 Å². The topological polar surface area (TPSA) is 50.3 Å². The molecule has 2 aliphatic rings. The van der Waals surface area contributed by atoms with Gasteiger partial charge < -0.3 is 10.1 Å². The minimum absolute atomic E-state index is 0.483. The number of nitrogens with one attached hydrogen (secondary N) is 1. The Morgan fingerprint density at radius 2 is 1.90 bits per heavy atom. The zero-order chi connectivity index (χ0) is 20.3. The molecule has 1 saturated carbocycles. The molecule has 2 atom stereocenters. The van der Waals surface area contributed by atoms with Crippen LogP contribution in [0.5, 0.6) is 0 Å². The molecule has 3 aromatic rings. The van der Waals surface area contributed by atoms with E-state index in [0.717, 1.165) is 49.3 Å². The maximum absolute atomic E-state index is 5.50. The molecule has 1 aromatic carbocycles. The SMILES string of the molecule is C[C@H]1CCCC[C@H]1Nc1nc(CN2CCOCC2)nc2scc(-c3ccccc3)c12. The summed E-state index contributed by atoms with van der Waals surface area (Å²) < 4.78 is 5.50. The summed E-state index contributed by atoms with van der Waals surface area (Å²) in [6.45, 7) is 6.64. The Balaban J connectivity index is 1.54. The van der Waals surface area contributed by atoms with E-state index in [0.29, 0.717) is 12.0 Å². The van der Waals surface area contributed by atoms with Crippen LogP contribution in [0.25, 0.3) is 21.3 Å². The molecule has 6 heteroatoms. The Morgan fingerprint density at radius 3 is 2.70 bits per heavy atom. The minimum atomic E-state index is 0.483. The smallest absolute Gasteiger partial charge is 0.146 e. The summed E-state index contributed by atoms with van der Waals surface area (Å²) in [6.07, 6.45) is 5.15. The van der Waals surface area contributed by atoms with Gasteiger partial charge in [0.2, 0.25) is 0 Å². The fraction of sp³-hybridized carbons (Fsp3) is 0.500. The zero-order valence-electron chi connectivity index (χ0n) is 17.6. The van der Waals surface area contributed by atoms with E-state index in [2.05, 4.69) is 52.9 Å². The van der Waals surface area contributed by atoms with Crippen LogP contribution in [0.1, 0.15) is 38.4 Å². The van der Waals surface area contributed by atoms with Crippen LogP contribution in [-0.2, 0) is 11.3 Å². The Hall–Kier alpha value is -2.02. The first-order valence-corrected chi connectivity index (χ1v) is 12.1. The second-order valence-corrected chi connectivity index (χ2v) is 9.44. The molecule has 0 bridgehead atoms. The zero-order valence-corrected chi connectivity index (χ0v) is 18.5. The van der Waals surface area contributed by atoms with Gasteiger partial charge in [0.15, 0.2) is 0 Å². The van der Waals surface area contributed by atoms with Crippen LogP contribution in [0.4, 0.5) is 5.82 Å². The van der Waals surface area contributed by atoms with Crippen molar-refractivity contribution in [3.8, 4) is 11.1 Å². The average molecular weight is 423 g/mol. The number of hydrogen-bond acceptors (Lipinski definition) is 6. The third kappa shape index (κ3) is 4.22. The molecule has 2 aromatic heterocycles. The third-order valence-electron chi connectivity index (χ3n) is 6.47. The molecule has 3 heterocycles. The predicted octanol–water partition coefficient (Wildman–Crippen LogP) is 5.18. The first-order chi connectivity index (χ1) is 14.8. The predicted molar refractivity (Wildman–Crippen MR) is 124 cm³/mol. The molecule has 1 N–H and O–H groups in total. The van der Waals surface area contributed by atoms with E-state index in [1.807, 2.05) is 0 Å². The van der Waals surface area contributed by atoms with Crippen LogP contribution in [0.15, 0.2) is 35.7 Å². The van der Waals surface area contributed by atoms with Crippen molar-refractivity contribution < 1.29 is 4.74 Å². The molecule has 1 aliphatic carbocycles. The lowest BCUT2D eigenvalue weighted by molar-refractivity contribution is 0.0331. The van der Waals surface area contributed by atoms with Crippen LogP contribution in [-0.4, -0.2) is 47.2 Å². The third-order valence-corrected chi connectivity index (χ3v) is 7.34. The van der Waals surface area contributed by atoms with Crippen LogP contribution in [0.3, 0.4) is 0 Å². The quantitative estimate of drug-likeness (QED) is 0.614. The molecule has 0 unspecified atom stereocenters. The molecular weight excluding hydrogens is 392 g/mol. The van der Waals surface area contributed by atoms with Gasteiger partial charge in [0, 0.05) is 30.1 Å². The number of aromatic nitrogens is 2. The summed E-state index contributed by atoms with van der Waals surface area (Å²) in [6, 6.07) is 11.1. The molecule has 5 rings (SSSR count). The Kier molecular flexibility index (Phi) is 5.97. The number of nitrogens with zero attached hydrogens (tertiary/aromatic N) is 3. The second-order valence-electron chi connectivity index (χ2n) is 8.59. The molecule has 158 valence electrons. The Morgan fingerprint density at radius 1 is 1.10 bits per heavy atom. The van der Waals surface area contributed by atoms with Crippen LogP contribution in [0.2, 0.25) is 0 Å². The average Bonchev–Trinajstić information content (AvgIpc) is 3.21. The minimum Gasteiger partial charge on any atom is -0.379 e. The first kappa shape index (κ1) is 19.9. The Labute approximate surface area is 182 Å². The number of hydrogen-bond donors (Lipinski definition) is 1. The van der Waals surface area contributed by atoms with Crippen molar-refractivity contribution in [3.05, 3.63) is 41.5 Å². The lowest BCUT2D eigenvalue weighted by Gasteiger charge is -2.30.